The van der Waals surface area contributed by atoms with Gasteiger partial charge in [-0.15, -0.1) is 0 Å². The molecule has 0 saturated carbocycles. The van der Waals surface area contributed by atoms with Gasteiger partial charge in [-0.05, 0) is 24.6 Å². The van der Waals surface area contributed by atoms with Crippen molar-refractivity contribution < 1.29 is 19.0 Å². The Morgan fingerprint density at radius 1 is 1.29 bits per heavy atom. The predicted molar refractivity (Wildman–Crippen MR) is 122 cm³/mol. The summed E-state index contributed by atoms with van der Waals surface area (Å²) >= 11 is 0. The highest BCUT2D eigenvalue weighted by Crippen LogP contribution is 2.37. The molecule has 5 rings (SSSR count). The predicted octanol–water partition coefficient (Wildman–Crippen LogP) is 2.16. The van der Waals surface area contributed by atoms with Crippen molar-refractivity contribution in [3.63, 3.8) is 0 Å². The van der Waals surface area contributed by atoms with Gasteiger partial charge in [0.1, 0.15) is 34.3 Å². The number of hydrogen-bond donors (Lipinski definition) is 2. The number of hydrogen-bond acceptors (Lipinski definition) is 6. The van der Waals surface area contributed by atoms with Crippen LogP contribution in [0, 0.1) is 12.7 Å². The van der Waals surface area contributed by atoms with Crippen LogP contribution in [0.4, 0.5) is 4.39 Å². The Hall–Kier alpha value is -4.21. The minimum Gasteiger partial charge on any atom is -0.505 e. The Balaban J connectivity index is 1.68. The third kappa shape index (κ3) is 3.57. The molecule has 2 N–H and O–H groups in total. The van der Waals surface area contributed by atoms with E-state index in [0.717, 1.165) is 11.4 Å². The molecule has 0 fully saturated rings. The number of aryl methyl sites for hydroxylation is 1. The van der Waals surface area contributed by atoms with Crippen molar-refractivity contribution in [1.82, 2.24) is 24.4 Å². The van der Waals surface area contributed by atoms with Crippen LogP contribution < -0.4 is 15.6 Å². The molecule has 1 aromatic carbocycles. The van der Waals surface area contributed by atoms with Gasteiger partial charge in [-0.1, -0.05) is 12.1 Å². The summed E-state index contributed by atoms with van der Waals surface area (Å²) in [6.45, 7) is 2.45. The second kappa shape index (κ2) is 8.29. The molecule has 1 unspecified atom stereocenters. The van der Waals surface area contributed by atoms with E-state index in [1.165, 1.54) is 23.7 Å². The molecular weight excluding hydrogens is 441 g/mol. The molecule has 0 bridgehead atoms. The zero-order valence-electron chi connectivity index (χ0n) is 18.6. The quantitative estimate of drug-likeness (QED) is 0.469. The summed E-state index contributed by atoms with van der Waals surface area (Å²) in [7, 11) is 1.39. The number of nitrogens with one attached hydrogen (secondary N) is 1. The monoisotopic (exact) mass is 463 g/mol. The van der Waals surface area contributed by atoms with Crippen molar-refractivity contribution in [2.45, 2.75) is 32.5 Å². The first-order chi connectivity index (χ1) is 16.4. The van der Waals surface area contributed by atoms with E-state index in [0.29, 0.717) is 29.8 Å². The molecule has 0 radical (unpaired) electrons. The highest BCUT2D eigenvalue weighted by molar-refractivity contribution is 6.02. The number of nitrogens with zero attached hydrogens (tertiary/aromatic N) is 4. The Morgan fingerprint density at radius 2 is 2.06 bits per heavy atom. The fraction of sp³-hybridized carbons (Fsp3) is 0.250. The molecule has 1 aliphatic heterocycles. The van der Waals surface area contributed by atoms with Crippen LogP contribution in [0.5, 0.6) is 11.5 Å². The molecular formula is C24H22FN5O4. The van der Waals surface area contributed by atoms with Gasteiger partial charge in [0.25, 0.3) is 11.5 Å². The third-order valence-corrected chi connectivity index (χ3v) is 6.03. The van der Waals surface area contributed by atoms with Crippen molar-refractivity contribution in [3.8, 4) is 11.5 Å². The summed E-state index contributed by atoms with van der Waals surface area (Å²) in [5.74, 6) is -0.323. The standard InChI is InChI=1S/C24H22FN5O4/c1-13-27-7-8-29(13)11-17-12-30-20-19(21(31)18(24(30)33)23(32)26-2)28-10-15(22(20)34-17)9-14-3-5-16(25)6-4-14/h3-8,10,17,31H,9,11-12H2,1-2H3,(H,26,32). The van der Waals surface area contributed by atoms with Crippen molar-refractivity contribution >= 4 is 16.9 Å². The molecule has 0 spiro atoms. The number of aromatic nitrogens is 4. The lowest BCUT2D eigenvalue weighted by Gasteiger charge is -2.30. The Morgan fingerprint density at radius 3 is 2.74 bits per heavy atom. The SMILES string of the molecule is CNC(=O)c1c(O)c2ncc(Cc3ccc(F)cc3)c3c2n(c1=O)CC(Cn1ccnc1C)O3. The van der Waals surface area contributed by atoms with Gasteiger partial charge in [-0.25, -0.2) is 9.37 Å². The number of amides is 1. The molecule has 4 heterocycles. The molecule has 4 aromatic rings. The van der Waals surface area contributed by atoms with E-state index in [9.17, 15) is 19.1 Å². The van der Waals surface area contributed by atoms with Crippen LogP contribution in [0.15, 0.2) is 47.7 Å². The summed E-state index contributed by atoms with van der Waals surface area (Å²) in [4.78, 5) is 34.4. The van der Waals surface area contributed by atoms with Gasteiger partial charge in [-0.2, -0.15) is 0 Å². The van der Waals surface area contributed by atoms with Crippen LogP contribution in [0.3, 0.4) is 0 Å². The minimum absolute atomic E-state index is 0.105. The summed E-state index contributed by atoms with van der Waals surface area (Å²) in [5, 5.41) is 13.2. The smallest absolute Gasteiger partial charge is 0.268 e. The Labute approximate surface area is 193 Å². The number of carbonyl (C=O) groups excluding carboxylic acids is 1. The first kappa shape index (κ1) is 21.6. The van der Waals surface area contributed by atoms with Crippen molar-refractivity contribution in [2.75, 3.05) is 7.05 Å². The average molecular weight is 463 g/mol. The van der Waals surface area contributed by atoms with E-state index in [1.807, 2.05) is 17.7 Å². The van der Waals surface area contributed by atoms with Crippen molar-refractivity contribution in [1.29, 1.82) is 0 Å². The number of rotatable bonds is 5. The van der Waals surface area contributed by atoms with Gasteiger partial charge >= 0.3 is 0 Å². The number of benzene rings is 1. The summed E-state index contributed by atoms with van der Waals surface area (Å²) in [6, 6.07) is 6.08. The molecule has 1 amide bonds. The first-order valence-corrected chi connectivity index (χ1v) is 10.8. The number of ether oxygens (including phenoxy) is 1. The van der Waals surface area contributed by atoms with Gasteiger partial charge in [0.05, 0.1) is 13.1 Å². The molecule has 3 aromatic heterocycles. The lowest BCUT2D eigenvalue weighted by Crippen LogP contribution is -2.40. The van der Waals surface area contributed by atoms with Crippen LogP contribution in [-0.4, -0.2) is 43.3 Å². The highest BCUT2D eigenvalue weighted by Gasteiger charge is 2.31. The second-order valence-electron chi connectivity index (χ2n) is 8.20. The summed E-state index contributed by atoms with van der Waals surface area (Å²) in [6.07, 6.45) is 4.99. The van der Waals surface area contributed by atoms with Crippen LogP contribution >= 0.6 is 0 Å². The Bertz CT molecular complexity index is 1480. The van der Waals surface area contributed by atoms with E-state index in [2.05, 4.69) is 15.3 Å². The van der Waals surface area contributed by atoms with Crippen LogP contribution in [0.1, 0.15) is 27.3 Å². The van der Waals surface area contributed by atoms with Gasteiger partial charge in [-0.3, -0.25) is 19.1 Å². The van der Waals surface area contributed by atoms with Gasteiger partial charge in [0.15, 0.2) is 11.5 Å². The molecule has 174 valence electrons. The highest BCUT2D eigenvalue weighted by atomic mass is 19.1. The fourth-order valence-electron chi connectivity index (χ4n) is 4.30. The van der Waals surface area contributed by atoms with Crippen LogP contribution in [-0.2, 0) is 19.5 Å². The van der Waals surface area contributed by atoms with Gasteiger partial charge in [0.2, 0.25) is 0 Å². The maximum atomic E-state index is 13.4. The van der Waals surface area contributed by atoms with Gasteiger partial charge < -0.3 is 19.7 Å². The molecule has 1 atom stereocenters. The zero-order valence-corrected chi connectivity index (χ0v) is 18.6. The second-order valence-corrected chi connectivity index (χ2v) is 8.20. The number of halogens is 1. The average Bonchev–Trinajstić information content (AvgIpc) is 3.23. The number of aromatic hydroxyl groups is 1. The minimum atomic E-state index is -0.694. The molecule has 10 heteroatoms. The third-order valence-electron chi connectivity index (χ3n) is 6.03. The van der Waals surface area contributed by atoms with Gasteiger partial charge in [0, 0.05) is 37.6 Å². The maximum Gasteiger partial charge on any atom is 0.268 e. The molecule has 0 aliphatic carbocycles. The molecule has 9 nitrogen and oxygen atoms in total. The molecule has 34 heavy (non-hydrogen) atoms. The van der Waals surface area contributed by atoms with E-state index < -0.39 is 23.3 Å². The zero-order chi connectivity index (χ0) is 24.0. The first-order valence-electron chi connectivity index (χ1n) is 10.8. The van der Waals surface area contributed by atoms with E-state index >= 15 is 0 Å². The van der Waals surface area contributed by atoms with Crippen LogP contribution in [0.25, 0.3) is 11.0 Å². The number of pyridine rings is 2. The van der Waals surface area contributed by atoms with E-state index in [4.69, 9.17) is 4.74 Å². The lowest BCUT2D eigenvalue weighted by atomic mass is 10.0. The number of imidazole rings is 1. The normalized spacial score (nSPS) is 14.7. The lowest BCUT2D eigenvalue weighted by molar-refractivity contribution is 0.0956. The van der Waals surface area contributed by atoms with Crippen molar-refractivity contribution in [2.24, 2.45) is 0 Å². The van der Waals surface area contributed by atoms with Crippen LogP contribution in [0.2, 0.25) is 0 Å². The van der Waals surface area contributed by atoms with Crippen molar-refractivity contribution in [3.05, 3.63) is 81.5 Å². The topological polar surface area (TPSA) is 111 Å². The molecule has 1 aliphatic rings. The molecule has 0 saturated heterocycles. The van der Waals surface area contributed by atoms with E-state index in [-0.39, 0.29) is 23.4 Å². The Kier molecular flexibility index (Phi) is 5.27. The fourth-order valence-corrected chi connectivity index (χ4v) is 4.30. The maximum absolute atomic E-state index is 13.4. The largest absolute Gasteiger partial charge is 0.505 e. The number of carbonyl (C=O) groups is 1. The van der Waals surface area contributed by atoms with E-state index in [1.54, 1.807) is 24.5 Å². The summed E-state index contributed by atoms with van der Waals surface area (Å²) in [5.41, 5.74) is 0.948. The summed E-state index contributed by atoms with van der Waals surface area (Å²) < 4.78 is 23.1.